The molecule has 1 amide bonds. The number of aryl methyl sites for hydroxylation is 1. The zero-order valence-corrected chi connectivity index (χ0v) is 14.1. The number of amides is 1. The highest BCUT2D eigenvalue weighted by atomic mass is 16.4. The van der Waals surface area contributed by atoms with E-state index in [-0.39, 0.29) is 18.4 Å². The predicted molar refractivity (Wildman–Crippen MR) is 87.3 cm³/mol. The van der Waals surface area contributed by atoms with Gasteiger partial charge in [0.15, 0.2) is 5.76 Å². The number of furan rings is 1. The molecule has 1 aliphatic rings. The van der Waals surface area contributed by atoms with Crippen molar-refractivity contribution in [3.8, 4) is 11.7 Å². The summed E-state index contributed by atoms with van der Waals surface area (Å²) in [5, 5.41) is 9.44. The number of aliphatic hydroxyl groups is 1. The number of β-amino-alcohol motifs (C(OH)–C–C–N with tert-alkyl or cyclic N) is 1. The van der Waals surface area contributed by atoms with Crippen LogP contribution in [0.1, 0.15) is 18.4 Å². The number of carbonyl (C=O) groups is 1. The Morgan fingerprint density at radius 2 is 2.12 bits per heavy atom. The van der Waals surface area contributed by atoms with Crippen molar-refractivity contribution in [2.45, 2.75) is 26.4 Å². The molecule has 0 bridgehead atoms. The first kappa shape index (κ1) is 16.7. The summed E-state index contributed by atoms with van der Waals surface area (Å²) in [5.41, 5.74) is 0.651. The molecule has 1 fully saturated rings. The highest BCUT2D eigenvalue weighted by Crippen LogP contribution is 2.22. The Balaban J connectivity index is 1.58. The quantitative estimate of drug-likeness (QED) is 0.888. The van der Waals surface area contributed by atoms with E-state index in [4.69, 9.17) is 8.83 Å². The van der Waals surface area contributed by atoms with Crippen LogP contribution in [-0.4, -0.2) is 64.6 Å². The first-order chi connectivity index (χ1) is 11.5. The zero-order valence-electron chi connectivity index (χ0n) is 14.1. The molecule has 7 nitrogen and oxygen atoms in total. The SMILES string of the molecule is Cc1oc(-c2ccco2)nc1CC(=O)N1CCN(C[C@H](C)O)CC1. The van der Waals surface area contributed by atoms with E-state index in [0.29, 0.717) is 42.7 Å². The summed E-state index contributed by atoms with van der Waals surface area (Å²) in [6.07, 6.45) is 1.45. The van der Waals surface area contributed by atoms with Gasteiger partial charge in [0.1, 0.15) is 5.76 Å². The van der Waals surface area contributed by atoms with E-state index < -0.39 is 0 Å². The molecule has 24 heavy (non-hydrogen) atoms. The first-order valence-corrected chi connectivity index (χ1v) is 8.21. The fourth-order valence-electron chi connectivity index (χ4n) is 2.91. The maximum atomic E-state index is 12.5. The second kappa shape index (κ2) is 7.19. The monoisotopic (exact) mass is 333 g/mol. The number of rotatable bonds is 5. The number of oxazole rings is 1. The minimum absolute atomic E-state index is 0.0501. The Kier molecular flexibility index (Phi) is 5.01. The van der Waals surface area contributed by atoms with E-state index in [1.54, 1.807) is 25.3 Å². The predicted octanol–water partition coefficient (Wildman–Crippen LogP) is 1.31. The van der Waals surface area contributed by atoms with Crippen LogP contribution >= 0.6 is 0 Å². The smallest absolute Gasteiger partial charge is 0.263 e. The van der Waals surface area contributed by atoms with Crippen LogP contribution in [0.3, 0.4) is 0 Å². The molecule has 1 N–H and O–H groups in total. The molecule has 2 aromatic heterocycles. The number of nitrogens with zero attached hydrogens (tertiary/aromatic N) is 3. The van der Waals surface area contributed by atoms with E-state index >= 15 is 0 Å². The van der Waals surface area contributed by atoms with Crippen LogP contribution in [0.25, 0.3) is 11.7 Å². The van der Waals surface area contributed by atoms with Crippen LogP contribution in [0.4, 0.5) is 0 Å². The van der Waals surface area contributed by atoms with Gasteiger partial charge in [0.05, 0.1) is 24.5 Å². The van der Waals surface area contributed by atoms with Gasteiger partial charge in [-0.25, -0.2) is 4.98 Å². The van der Waals surface area contributed by atoms with E-state index in [1.165, 1.54) is 0 Å². The molecule has 2 aromatic rings. The van der Waals surface area contributed by atoms with Gasteiger partial charge in [-0.05, 0) is 26.0 Å². The summed E-state index contributed by atoms with van der Waals surface area (Å²) < 4.78 is 10.9. The molecule has 1 atom stereocenters. The van der Waals surface area contributed by atoms with Crippen LogP contribution in [-0.2, 0) is 11.2 Å². The molecule has 0 aliphatic carbocycles. The average molecular weight is 333 g/mol. The van der Waals surface area contributed by atoms with Gasteiger partial charge in [-0.1, -0.05) is 0 Å². The highest BCUT2D eigenvalue weighted by molar-refractivity contribution is 5.78. The third-order valence-electron chi connectivity index (χ3n) is 4.19. The Morgan fingerprint density at radius 3 is 2.75 bits per heavy atom. The fourth-order valence-corrected chi connectivity index (χ4v) is 2.91. The van der Waals surface area contributed by atoms with Crippen molar-refractivity contribution < 1.29 is 18.7 Å². The van der Waals surface area contributed by atoms with E-state index in [9.17, 15) is 9.90 Å². The molecule has 1 aliphatic heterocycles. The van der Waals surface area contributed by atoms with E-state index in [2.05, 4.69) is 9.88 Å². The van der Waals surface area contributed by atoms with Crippen LogP contribution in [0.5, 0.6) is 0 Å². The Hall–Kier alpha value is -2.12. The van der Waals surface area contributed by atoms with Gasteiger partial charge in [0.25, 0.3) is 5.89 Å². The molecule has 0 unspecified atom stereocenters. The molecular weight excluding hydrogens is 310 g/mol. The van der Waals surface area contributed by atoms with Gasteiger partial charge in [-0.2, -0.15) is 0 Å². The van der Waals surface area contributed by atoms with Gasteiger partial charge in [0, 0.05) is 32.7 Å². The zero-order chi connectivity index (χ0) is 17.1. The molecule has 0 radical (unpaired) electrons. The number of aliphatic hydroxyl groups excluding tert-OH is 1. The average Bonchev–Trinajstić information content (AvgIpc) is 3.18. The minimum Gasteiger partial charge on any atom is -0.459 e. The van der Waals surface area contributed by atoms with Gasteiger partial charge < -0.3 is 18.8 Å². The van der Waals surface area contributed by atoms with E-state index in [0.717, 1.165) is 13.1 Å². The Morgan fingerprint density at radius 1 is 1.38 bits per heavy atom. The number of aromatic nitrogens is 1. The number of hydrogen-bond donors (Lipinski definition) is 1. The standard InChI is InChI=1S/C17H23N3O4/c1-12(21)11-19-5-7-20(8-6-19)16(22)10-14-13(2)24-17(18-14)15-4-3-9-23-15/h3-4,9,12,21H,5-8,10-11H2,1-2H3/t12-/m0/s1. The molecule has 7 heteroatoms. The van der Waals surface area contributed by atoms with Crippen LogP contribution in [0, 0.1) is 6.92 Å². The maximum absolute atomic E-state index is 12.5. The van der Waals surface area contributed by atoms with Gasteiger partial charge in [-0.3, -0.25) is 9.69 Å². The Bertz CT molecular complexity index is 670. The molecule has 3 heterocycles. The molecular formula is C17H23N3O4. The lowest BCUT2D eigenvalue weighted by Gasteiger charge is -2.35. The van der Waals surface area contributed by atoms with Crippen LogP contribution in [0.2, 0.25) is 0 Å². The molecule has 0 saturated carbocycles. The Labute approximate surface area is 140 Å². The topological polar surface area (TPSA) is 83.0 Å². The molecule has 130 valence electrons. The number of piperazine rings is 1. The largest absolute Gasteiger partial charge is 0.459 e. The van der Waals surface area contributed by atoms with Gasteiger partial charge >= 0.3 is 0 Å². The van der Waals surface area contributed by atoms with Crippen molar-refractivity contribution >= 4 is 5.91 Å². The van der Waals surface area contributed by atoms with Gasteiger partial charge in [0.2, 0.25) is 5.91 Å². The number of carbonyl (C=O) groups excluding carboxylic acids is 1. The maximum Gasteiger partial charge on any atom is 0.263 e. The van der Waals surface area contributed by atoms with Crippen LogP contribution < -0.4 is 0 Å². The van der Waals surface area contributed by atoms with Crippen molar-refractivity contribution in [1.82, 2.24) is 14.8 Å². The minimum atomic E-state index is -0.343. The molecule has 0 spiro atoms. The third-order valence-corrected chi connectivity index (χ3v) is 4.19. The van der Waals surface area contributed by atoms with Crippen molar-refractivity contribution in [3.05, 3.63) is 29.9 Å². The summed E-state index contributed by atoms with van der Waals surface area (Å²) in [6.45, 7) is 7.15. The van der Waals surface area contributed by atoms with Crippen molar-refractivity contribution in [2.75, 3.05) is 32.7 Å². The second-order valence-electron chi connectivity index (χ2n) is 6.21. The highest BCUT2D eigenvalue weighted by Gasteiger charge is 2.24. The number of hydrogen-bond acceptors (Lipinski definition) is 6. The van der Waals surface area contributed by atoms with Crippen LogP contribution in [0.15, 0.2) is 27.2 Å². The second-order valence-corrected chi connectivity index (χ2v) is 6.21. The summed E-state index contributed by atoms with van der Waals surface area (Å²) in [4.78, 5) is 20.9. The molecule has 1 saturated heterocycles. The van der Waals surface area contributed by atoms with Gasteiger partial charge in [-0.15, -0.1) is 0 Å². The summed E-state index contributed by atoms with van der Waals surface area (Å²) in [7, 11) is 0. The summed E-state index contributed by atoms with van der Waals surface area (Å²) in [5.74, 6) is 1.65. The summed E-state index contributed by atoms with van der Waals surface area (Å²) >= 11 is 0. The van der Waals surface area contributed by atoms with Crippen molar-refractivity contribution in [3.63, 3.8) is 0 Å². The third kappa shape index (κ3) is 3.85. The normalized spacial score (nSPS) is 17.2. The summed E-state index contributed by atoms with van der Waals surface area (Å²) in [6, 6.07) is 3.55. The van der Waals surface area contributed by atoms with Crippen molar-refractivity contribution in [1.29, 1.82) is 0 Å². The van der Waals surface area contributed by atoms with Crippen molar-refractivity contribution in [2.24, 2.45) is 0 Å². The molecule has 0 aromatic carbocycles. The van der Waals surface area contributed by atoms with E-state index in [1.807, 2.05) is 11.8 Å². The molecule has 3 rings (SSSR count). The lowest BCUT2D eigenvalue weighted by molar-refractivity contribution is -0.132. The fraction of sp³-hybridized carbons (Fsp3) is 0.529. The first-order valence-electron chi connectivity index (χ1n) is 8.21. The lowest BCUT2D eigenvalue weighted by Crippen LogP contribution is -2.50. The lowest BCUT2D eigenvalue weighted by atomic mass is 10.2.